The molecular weight excluding hydrogens is 319 g/mol. The molecule has 2 rings (SSSR count). The molecule has 1 saturated heterocycles. The van der Waals surface area contributed by atoms with Gasteiger partial charge in [-0.3, -0.25) is 9.62 Å². The zero-order chi connectivity index (χ0) is 17.1. The first-order valence-electron chi connectivity index (χ1n) is 7.35. The number of rotatable bonds is 5. The lowest BCUT2D eigenvalue weighted by Gasteiger charge is -2.37. The van der Waals surface area contributed by atoms with Gasteiger partial charge in [-0.2, -0.15) is 5.26 Å². The van der Waals surface area contributed by atoms with Crippen molar-refractivity contribution in [3.8, 4) is 6.07 Å². The Morgan fingerprint density at radius 1 is 1.39 bits per heavy atom. The lowest BCUT2D eigenvalue weighted by molar-refractivity contribution is 0.157. The van der Waals surface area contributed by atoms with E-state index >= 15 is 0 Å². The second-order valence-electron chi connectivity index (χ2n) is 6.20. The maximum atomic E-state index is 13.7. The fraction of sp³-hybridized carbons (Fsp3) is 0.533. The van der Waals surface area contributed by atoms with Crippen LogP contribution >= 0.6 is 0 Å². The zero-order valence-electron chi connectivity index (χ0n) is 13.0. The number of sulfonamides is 1. The molecule has 1 aliphatic heterocycles. The van der Waals surface area contributed by atoms with Crippen LogP contribution in [-0.2, 0) is 16.6 Å². The Morgan fingerprint density at radius 3 is 2.61 bits per heavy atom. The van der Waals surface area contributed by atoms with Crippen LogP contribution in [0.15, 0.2) is 18.2 Å². The van der Waals surface area contributed by atoms with E-state index in [1.807, 2.05) is 0 Å². The van der Waals surface area contributed by atoms with Gasteiger partial charge in [0.05, 0.1) is 24.4 Å². The molecule has 1 aromatic carbocycles. The number of nitriles is 1. The summed E-state index contributed by atoms with van der Waals surface area (Å²) in [6, 6.07) is 6.30. The van der Waals surface area contributed by atoms with Crippen molar-refractivity contribution < 1.29 is 12.8 Å². The number of anilines is 1. The molecule has 0 bridgehead atoms. The van der Waals surface area contributed by atoms with Crippen molar-refractivity contribution >= 4 is 15.7 Å². The number of nitrogens with two attached hydrogens (primary N) is 1. The lowest BCUT2D eigenvalue weighted by atomic mass is 9.86. The van der Waals surface area contributed by atoms with Gasteiger partial charge in [0.2, 0.25) is 10.0 Å². The molecule has 0 atom stereocenters. The van der Waals surface area contributed by atoms with Crippen molar-refractivity contribution in [1.29, 1.82) is 5.26 Å². The molecule has 0 amide bonds. The summed E-state index contributed by atoms with van der Waals surface area (Å²) in [5, 5.41) is 8.80. The van der Waals surface area contributed by atoms with Crippen LogP contribution in [0.4, 0.5) is 10.1 Å². The van der Waals surface area contributed by atoms with E-state index in [1.165, 1.54) is 6.07 Å². The van der Waals surface area contributed by atoms with Crippen LogP contribution in [0.5, 0.6) is 0 Å². The molecule has 0 radical (unpaired) electrons. The number of nitrogens with zero attached hydrogens (tertiary/aromatic N) is 2. The van der Waals surface area contributed by atoms with Crippen LogP contribution in [0.25, 0.3) is 0 Å². The molecule has 6 nitrogen and oxygen atoms in total. The van der Waals surface area contributed by atoms with E-state index in [-0.39, 0.29) is 5.69 Å². The van der Waals surface area contributed by atoms with Crippen molar-refractivity contribution in [2.75, 3.05) is 24.1 Å². The molecule has 1 aliphatic rings. The molecule has 0 aliphatic carbocycles. The molecule has 1 heterocycles. The highest BCUT2D eigenvalue weighted by Gasteiger charge is 2.30. The number of hydrogen-bond acceptors (Lipinski definition) is 5. The maximum Gasteiger partial charge on any atom is 0.229 e. The minimum atomic E-state index is -3.44. The molecule has 1 aromatic rings. The summed E-state index contributed by atoms with van der Waals surface area (Å²) in [5.74, 6) is -0.483. The second-order valence-corrected chi connectivity index (χ2v) is 7.94. The molecule has 3 N–H and O–H groups in total. The van der Waals surface area contributed by atoms with E-state index in [2.05, 4.69) is 15.7 Å². The number of hydrogen-bond donors (Lipinski definition) is 2. The Hall–Kier alpha value is -1.69. The Bertz CT molecular complexity index is 707. The standard InChI is InChI=1S/C15H21FN4O2S/c1-23(21,22)19-14-9-12(8-13(16)10-14)11-20-6-3-15(18,2-5-17)4-7-20/h8-10,19H,2-4,6-7,11,18H2,1H3. The normalized spacial score (nSPS) is 18.3. The fourth-order valence-electron chi connectivity index (χ4n) is 2.76. The van der Waals surface area contributed by atoms with E-state index in [0.717, 1.165) is 25.4 Å². The van der Waals surface area contributed by atoms with Crippen molar-refractivity contribution in [3.05, 3.63) is 29.6 Å². The largest absolute Gasteiger partial charge is 0.324 e. The van der Waals surface area contributed by atoms with Gasteiger partial charge in [0.15, 0.2) is 0 Å². The van der Waals surface area contributed by atoms with E-state index < -0.39 is 21.4 Å². The number of piperidine rings is 1. The first kappa shape index (κ1) is 17.7. The summed E-state index contributed by atoms with van der Waals surface area (Å²) in [6.45, 7) is 1.96. The summed E-state index contributed by atoms with van der Waals surface area (Å²) in [7, 11) is -3.44. The minimum absolute atomic E-state index is 0.220. The van der Waals surface area contributed by atoms with Gasteiger partial charge in [-0.1, -0.05) is 0 Å². The molecule has 0 saturated carbocycles. The Balaban J connectivity index is 2.03. The molecule has 23 heavy (non-hydrogen) atoms. The van der Waals surface area contributed by atoms with E-state index in [9.17, 15) is 12.8 Å². The van der Waals surface area contributed by atoms with E-state index in [0.29, 0.717) is 31.4 Å². The van der Waals surface area contributed by atoms with Gasteiger partial charge >= 0.3 is 0 Å². The fourth-order valence-corrected chi connectivity index (χ4v) is 3.31. The van der Waals surface area contributed by atoms with Gasteiger partial charge in [-0.05, 0) is 36.6 Å². The topological polar surface area (TPSA) is 99.2 Å². The van der Waals surface area contributed by atoms with Gasteiger partial charge in [-0.25, -0.2) is 12.8 Å². The SMILES string of the molecule is CS(=O)(=O)Nc1cc(F)cc(CN2CCC(N)(CC#N)CC2)c1. The van der Waals surface area contributed by atoms with Gasteiger partial charge in [0.1, 0.15) is 5.82 Å². The van der Waals surface area contributed by atoms with Crippen molar-refractivity contribution in [1.82, 2.24) is 4.90 Å². The van der Waals surface area contributed by atoms with Crippen LogP contribution in [-0.4, -0.2) is 38.2 Å². The van der Waals surface area contributed by atoms with Crippen molar-refractivity contribution in [2.45, 2.75) is 31.3 Å². The van der Waals surface area contributed by atoms with Crippen LogP contribution in [0.2, 0.25) is 0 Å². The first-order chi connectivity index (χ1) is 10.7. The van der Waals surface area contributed by atoms with Crippen molar-refractivity contribution in [2.24, 2.45) is 5.73 Å². The van der Waals surface area contributed by atoms with Crippen LogP contribution in [0, 0.1) is 17.1 Å². The smallest absolute Gasteiger partial charge is 0.229 e. The number of halogens is 1. The average Bonchev–Trinajstić information content (AvgIpc) is 2.39. The van der Waals surface area contributed by atoms with Gasteiger partial charge in [0, 0.05) is 25.2 Å². The highest BCUT2D eigenvalue weighted by Crippen LogP contribution is 2.24. The molecular formula is C15H21FN4O2S. The Morgan fingerprint density at radius 2 is 2.04 bits per heavy atom. The van der Waals surface area contributed by atoms with Gasteiger partial charge in [0.25, 0.3) is 0 Å². The minimum Gasteiger partial charge on any atom is -0.324 e. The van der Waals surface area contributed by atoms with Crippen LogP contribution in [0.1, 0.15) is 24.8 Å². The Kier molecular flexibility index (Phi) is 5.24. The first-order valence-corrected chi connectivity index (χ1v) is 9.24. The molecule has 0 aromatic heterocycles. The summed E-state index contributed by atoms with van der Waals surface area (Å²) in [4.78, 5) is 2.13. The zero-order valence-corrected chi connectivity index (χ0v) is 13.9. The molecule has 126 valence electrons. The summed E-state index contributed by atoms with van der Waals surface area (Å²) >= 11 is 0. The average molecular weight is 340 g/mol. The maximum absolute atomic E-state index is 13.7. The lowest BCUT2D eigenvalue weighted by Crippen LogP contribution is -2.49. The van der Waals surface area contributed by atoms with Crippen LogP contribution in [0.3, 0.4) is 0 Å². The number of likely N-dealkylation sites (tertiary alicyclic amines) is 1. The van der Waals surface area contributed by atoms with Crippen molar-refractivity contribution in [3.63, 3.8) is 0 Å². The third-order valence-electron chi connectivity index (χ3n) is 3.95. The molecule has 0 unspecified atom stereocenters. The third-order valence-corrected chi connectivity index (χ3v) is 4.56. The summed E-state index contributed by atoms with van der Waals surface area (Å²) < 4.78 is 38.5. The third kappa shape index (κ3) is 5.46. The second kappa shape index (κ2) is 6.83. The van der Waals surface area contributed by atoms with E-state index in [4.69, 9.17) is 11.0 Å². The van der Waals surface area contributed by atoms with Gasteiger partial charge in [-0.15, -0.1) is 0 Å². The summed E-state index contributed by atoms with van der Waals surface area (Å²) in [5.41, 5.74) is 6.64. The van der Waals surface area contributed by atoms with E-state index in [1.54, 1.807) is 6.07 Å². The Labute approximate surface area is 136 Å². The molecule has 0 spiro atoms. The highest BCUT2D eigenvalue weighted by atomic mass is 32.2. The number of benzene rings is 1. The van der Waals surface area contributed by atoms with Crippen LogP contribution < -0.4 is 10.5 Å². The summed E-state index contributed by atoms with van der Waals surface area (Å²) in [6.07, 6.45) is 2.79. The predicted octanol–water partition coefficient (Wildman–Crippen LogP) is 1.40. The monoisotopic (exact) mass is 340 g/mol. The number of nitrogens with one attached hydrogen (secondary N) is 1. The predicted molar refractivity (Wildman–Crippen MR) is 86.5 cm³/mol. The quantitative estimate of drug-likeness (QED) is 0.844. The highest BCUT2D eigenvalue weighted by molar-refractivity contribution is 7.92. The molecule has 1 fully saturated rings. The molecule has 8 heteroatoms. The van der Waals surface area contributed by atoms with Gasteiger partial charge < -0.3 is 5.73 Å².